The highest BCUT2D eigenvalue weighted by Crippen LogP contribution is 2.28. The van der Waals surface area contributed by atoms with Crippen LogP contribution in [0.5, 0.6) is 0 Å². The first kappa shape index (κ1) is 46.1. The highest BCUT2D eigenvalue weighted by atomic mass is 79.9. The maximum absolute atomic E-state index is 12.5. The minimum atomic E-state index is -1.04. The van der Waals surface area contributed by atoms with Crippen molar-refractivity contribution < 1.29 is 24.5 Å². The molecule has 3 atom stereocenters. The maximum Gasteiger partial charge on any atom is 0.354 e. The third-order valence-corrected chi connectivity index (χ3v) is 10.6. The molecular weight excluding hydrogens is 712 g/mol. The lowest BCUT2D eigenvalue weighted by Gasteiger charge is -2.17. The number of ether oxygens (including phenoxy) is 1. The molecule has 0 bridgehead atoms. The van der Waals surface area contributed by atoms with Gasteiger partial charge in [0.1, 0.15) is 0 Å². The highest BCUT2D eigenvalue weighted by Gasteiger charge is 2.24. The van der Waals surface area contributed by atoms with E-state index >= 15 is 0 Å². The number of aliphatic hydroxyl groups is 1. The summed E-state index contributed by atoms with van der Waals surface area (Å²) in [5, 5.41) is 20.1. The Hall–Kier alpha value is -1.94. The largest absolute Gasteiger partial charge is 0.477 e. The van der Waals surface area contributed by atoms with Gasteiger partial charge in [-0.25, -0.2) is 9.78 Å². The summed E-state index contributed by atoms with van der Waals surface area (Å²) >= 11 is 4.62. The number of carboxylic acids is 1. The van der Waals surface area contributed by atoms with E-state index in [2.05, 4.69) is 58.4 Å². The Morgan fingerprint density at radius 2 is 1.24 bits per heavy atom. The van der Waals surface area contributed by atoms with Crippen LogP contribution in [-0.4, -0.2) is 48.1 Å². The molecule has 1 rings (SSSR count). The van der Waals surface area contributed by atoms with E-state index in [0.29, 0.717) is 23.7 Å². The van der Waals surface area contributed by atoms with E-state index in [1.165, 1.54) is 125 Å². The number of nitrogens with zero attached hydrogens (tertiary/aromatic N) is 2. The number of aromatic nitrogens is 2. The molecule has 1 aromatic rings. The number of alkyl halides is 1. The fourth-order valence-electron chi connectivity index (χ4n) is 5.87. The number of carbonyl (C=O) groups excluding carboxylic acids is 1. The van der Waals surface area contributed by atoms with Gasteiger partial charge in [-0.1, -0.05) is 153 Å². The second-order valence-corrected chi connectivity index (χ2v) is 15.4. The Kier molecular flexibility index (Phi) is 28.3. The third kappa shape index (κ3) is 22.8. The quantitative estimate of drug-likeness (QED) is 0.0274. The van der Waals surface area contributed by atoms with Crippen LogP contribution in [0.2, 0.25) is 0 Å². The first-order valence-corrected chi connectivity index (χ1v) is 21.4. The molecule has 2 N–H and O–H groups in total. The van der Waals surface area contributed by atoms with E-state index in [1.54, 1.807) is 14.0 Å². The van der Waals surface area contributed by atoms with Crippen molar-refractivity contribution in [3.05, 3.63) is 11.4 Å². The normalized spacial score (nSPS) is 12.8. The van der Waals surface area contributed by atoms with Gasteiger partial charge in [0.2, 0.25) is 5.01 Å². The van der Waals surface area contributed by atoms with Crippen molar-refractivity contribution in [2.24, 2.45) is 7.05 Å². The number of esters is 1. The molecule has 1 aromatic heterocycles. The summed E-state index contributed by atoms with van der Waals surface area (Å²) < 4.78 is 6.95. The Labute approximate surface area is 317 Å². The lowest BCUT2D eigenvalue weighted by molar-refractivity contribution is -0.143. The molecule has 0 radical (unpaired) electrons. The third-order valence-electron chi connectivity index (χ3n) is 8.90. The van der Waals surface area contributed by atoms with Gasteiger partial charge in [0.15, 0.2) is 10.9 Å². The average Bonchev–Trinajstić information content (AvgIpc) is 3.36. The molecule has 0 saturated heterocycles. The van der Waals surface area contributed by atoms with E-state index < -0.39 is 22.3 Å². The SMILES string of the molecule is CCCCCCCCCCCCC#CC(Br)OC(=O)CCCC(O)C(C#CCCCCCCCCCCCC)Sc1nc(C)c(C(=O)O)n1C. The molecule has 0 spiro atoms. The van der Waals surface area contributed by atoms with Crippen LogP contribution in [0.25, 0.3) is 0 Å². The van der Waals surface area contributed by atoms with Gasteiger partial charge in [0, 0.05) is 26.3 Å². The molecule has 0 saturated carbocycles. The van der Waals surface area contributed by atoms with Crippen LogP contribution in [0.15, 0.2) is 5.16 Å². The molecule has 0 amide bonds. The summed E-state index contributed by atoms with van der Waals surface area (Å²) in [5.74, 6) is 11.2. The summed E-state index contributed by atoms with van der Waals surface area (Å²) in [7, 11) is 1.67. The van der Waals surface area contributed by atoms with Crippen LogP contribution < -0.4 is 0 Å². The van der Waals surface area contributed by atoms with E-state index in [0.717, 1.165) is 32.1 Å². The van der Waals surface area contributed by atoms with Gasteiger partial charge in [-0.15, -0.1) is 5.92 Å². The number of aromatic carboxylic acids is 1. The smallest absolute Gasteiger partial charge is 0.354 e. The minimum absolute atomic E-state index is 0.123. The first-order chi connectivity index (χ1) is 24.2. The molecule has 0 aliphatic heterocycles. The van der Waals surface area contributed by atoms with Crippen LogP contribution in [0.1, 0.15) is 191 Å². The van der Waals surface area contributed by atoms with Crippen LogP contribution in [-0.2, 0) is 16.6 Å². The van der Waals surface area contributed by atoms with E-state index in [9.17, 15) is 19.8 Å². The number of aryl methyl sites for hydroxylation is 1. The summed E-state index contributed by atoms with van der Waals surface area (Å²) in [4.78, 5) is 28.6. The zero-order valence-corrected chi connectivity index (χ0v) is 34.1. The maximum atomic E-state index is 12.5. The summed E-state index contributed by atoms with van der Waals surface area (Å²) in [5.41, 5.74) is 0.547. The first-order valence-electron chi connectivity index (χ1n) is 19.6. The van der Waals surface area contributed by atoms with E-state index in [4.69, 9.17) is 4.74 Å². The summed E-state index contributed by atoms with van der Waals surface area (Å²) in [6.07, 6.45) is 27.1. The van der Waals surface area contributed by atoms with Gasteiger partial charge in [0.25, 0.3) is 0 Å². The number of rotatable bonds is 29. The topological polar surface area (TPSA) is 102 Å². The average molecular weight is 780 g/mol. The number of hydrogen-bond acceptors (Lipinski definition) is 6. The van der Waals surface area contributed by atoms with Crippen molar-refractivity contribution >= 4 is 39.6 Å². The molecule has 7 nitrogen and oxygen atoms in total. The lowest BCUT2D eigenvalue weighted by atomic mass is 10.1. The number of hydrogen-bond donors (Lipinski definition) is 2. The number of unbranched alkanes of at least 4 members (excludes halogenated alkanes) is 20. The second-order valence-electron chi connectivity index (χ2n) is 13.5. The minimum Gasteiger partial charge on any atom is -0.477 e. The van der Waals surface area contributed by atoms with Crippen LogP contribution in [0, 0.1) is 30.6 Å². The number of halogens is 1. The number of aliphatic hydroxyl groups excluding tert-OH is 1. The summed E-state index contributed by atoms with van der Waals surface area (Å²) in [6, 6.07) is 0. The van der Waals surface area contributed by atoms with Crippen molar-refractivity contribution in [2.45, 2.75) is 203 Å². The molecule has 0 fully saturated rings. The van der Waals surface area contributed by atoms with E-state index in [-0.39, 0.29) is 18.1 Å². The monoisotopic (exact) mass is 778 g/mol. The lowest BCUT2D eigenvalue weighted by Crippen LogP contribution is -2.23. The Balaban J connectivity index is 2.48. The number of carbonyl (C=O) groups is 2. The molecule has 284 valence electrons. The van der Waals surface area contributed by atoms with Crippen molar-refractivity contribution in [1.82, 2.24) is 9.55 Å². The van der Waals surface area contributed by atoms with Gasteiger partial charge >= 0.3 is 11.9 Å². The Bertz CT molecular complexity index is 1180. The van der Waals surface area contributed by atoms with E-state index in [1.807, 2.05) is 0 Å². The van der Waals surface area contributed by atoms with Gasteiger partial charge in [0.05, 0.1) is 17.0 Å². The standard InChI is InChI=1S/C41H67BrN2O5S/c1-5-7-9-11-13-15-17-19-21-23-25-27-31-36(50-41-43-34(3)39(40(47)48)44(41)4)35(45)30-29-33-38(46)49-37(42)32-28-26-24-22-20-18-16-14-12-10-8-6-2/h35-37,45H,5-26,29-30,33H2,1-4H3,(H,47,48). The van der Waals surface area contributed by atoms with Gasteiger partial charge in [-0.3, -0.25) is 4.79 Å². The zero-order valence-electron chi connectivity index (χ0n) is 31.7. The number of thioether (sulfide) groups is 1. The van der Waals surface area contributed by atoms with Crippen molar-refractivity contribution in [3.8, 4) is 23.7 Å². The van der Waals surface area contributed by atoms with Crippen molar-refractivity contribution in [1.29, 1.82) is 0 Å². The van der Waals surface area contributed by atoms with Crippen molar-refractivity contribution in [2.75, 3.05) is 0 Å². The van der Waals surface area contributed by atoms with Crippen molar-refractivity contribution in [3.63, 3.8) is 0 Å². The fourth-order valence-corrected chi connectivity index (χ4v) is 7.34. The molecule has 0 aliphatic rings. The molecular formula is C41H67BrN2O5S. The predicted molar refractivity (Wildman–Crippen MR) is 212 cm³/mol. The molecule has 50 heavy (non-hydrogen) atoms. The zero-order chi connectivity index (χ0) is 36.8. The molecule has 3 unspecified atom stereocenters. The highest BCUT2D eigenvalue weighted by molar-refractivity contribution is 9.09. The van der Waals surface area contributed by atoms with Gasteiger partial charge in [-0.2, -0.15) is 0 Å². The number of imidazole rings is 1. The molecule has 9 heteroatoms. The summed E-state index contributed by atoms with van der Waals surface area (Å²) in [6.45, 7) is 6.16. The van der Waals surface area contributed by atoms with Gasteiger partial charge in [-0.05, 0) is 54.5 Å². The molecule has 0 aromatic carbocycles. The van der Waals surface area contributed by atoms with Gasteiger partial charge < -0.3 is 19.5 Å². The van der Waals surface area contributed by atoms with Crippen LogP contribution >= 0.6 is 27.7 Å². The predicted octanol–water partition coefficient (Wildman–Crippen LogP) is 11.3. The second kappa shape index (κ2) is 30.7. The number of carboxylic acid groups (broad SMARTS) is 1. The Morgan fingerprint density at radius 3 is 1.70 bits per heavy atom. The molecule has 1 heterocycles. The van der Waals surface area contributed by atoms with Crippen LogP contribution in [0.3, 0.4) is 0 Å². The molecule has 0 aliphatic carbocycles. The fraction of sp³-hybridized carbons (Fsp3) is 0.780. The Morgan fingerprint density at radius 1 is 0.780 bits per heavy atom. The van der Waals surface area contributed by atoms with Crippen LogP contribution in [0.4, 0.5) is 0 Å².